The number of nitrogens with zero attached hydrogens (tertiary/aromatic N) is 2. The largest absolute Gasteiger partial charge is 0.396 e. The lowest BCUT2D eigenvalue weighted by molar-refractivity contribution is 0.178. The zero-order chi connectivity index (χ0) is 14.1. The van der Waals surface area contributed by atoms with Gasteiger partial charge in [0.2, 0.25) is 0 Å². The zero-order valence-corrected chi connectivity index (χ0v) is 11.7. The van der Waals surface area contributed by atoms with Crippen molar-refractivity contribution in [3.8, 4) is 0 Å². The van der Waals surface area contributed by atoms with Crippen molar-refractivity contribution in [2.45, 2.75) is 32.8 Å². The van der Waals surface area contributed by atoms with Gasteiger partial charge in [0.15, 0.2) is 5.82 Å². The minimum absolute atomic E-state index is 0.215. The van der Waals surface area contributed by atoms with Gasteiger partial charge in [-0.05, 0) is 18.8 Å². The molecule has 1 aromatic rings. The Morgan fingerprint density at radius 1 is 1.42 bits per heavy atom. The molecule has 0 radical (unpaired) electrons. The second kappa shape index (κ2) is 8.66. The lowest BCUT2D eigenvalue weighted by Crippen LogP contribution is -2.17. The summed E-state index contributed by atoms with van der Waals surface area (Å²) in [6.45, 7) is 3.48. The summed E-state index contributed by atoms with van der Waals surface area (Å²) in [7, 11) is 1.60. The van der Waals surface area contributed by atoms with Crippen LogP contribution in [0.3, 0.4) is 0 Å². The Bertz CT molecular complexity index is 368. The Kier molecular flexibility index (Phi) is 7.14. The first-order chi connectivity index (χ1) is 9.19. The number of ether oxygens (including phenoxy) is 1. The van der Waals surface area contributed by atoms with Crippen molar-refractivity contribution in [3.63, 3.8) is 0 Å². The summed E-state index contributed by atoms with van der Waals surface area (Å²) in [6, 6.07) is 1.71. The fraction of sp³-hybridized carbons (Fsp3) is 0.692. The van der Waals surface area contributed by atoms with E-state index in [1.807, 2.05) is 0 Å². The van der Waals surface area contributed by atoms with E-state index in [1.54, 1.807) is 13.2 Å². The van der Waals surface area contributed by atoms with Crippen molar-refractivity contribution in [3.05, 3.63) is 11.9 Å². The number of aromatic nitrogens is 2. The van der Waals surface area contributed by atoms with Crippen LogP contribution in [0.1, 0.15) is 32.0 Å². The lowest BCUT2D eigenvalue weighted by atomic mass is 10.0. The molecule has 0 amide bonds. The summed E-state index contributed by atoms with van der Waals surface area (Å²) in [5.74, 6) is 2.15. The molecule has 0 bridgehead atoms. The average Bonchev–Trinajstić information content (AvgIpc) is 2.36. The van der Waals surface area contributed by atoms with Crippen LogP contribution in [0, 0.1) is 5.92 Å². The van der Waals surface area contributed by atoms with Crippen molar-refractivity contribution < 1.29 is 9.84 Å². The van der Waals surface area contributed by atoms with Gasteiger partial charge in [-0.25, -0.2) is 9.97 Å². The Balaban J connectivity index is 2.59. The molecule has 4 N–H and O–H groups in total. The highest BCUT2D eigenvalue weighted by atomic mass is 16.5. The summed E-state index contributed by atoms with van der Waals surface area (Å²) in [5.41, 5.74) is 5.73. The molecule has 1 aromatic heterocycles. The Labute approximate surface area is 114 Å². The quantitative estimate of drug-likeness (QED) is 0.627. The molecule has 0 aliphatic heterocycles. The van der Waals surface area contributed by atoms with Crippen LogP contribution in [0.4, 0.5) is 11.6 Å². The van der Waals surface area contributed by atoms with Crippen molar-refractivity contribution in [1.82, 2.24) is 9.97 Å². The van der Waals surface area contributed by atoms with Crippen LogP contribution in [-0.2, 0) is 11.3 Å². The number of aliphatic hydroxyl groups is 1. The fourth-order valence-corrected chi connectivity index (χ4v) is 1.99. The van der Waals surface area contributed by atoms with E-state index in [0.717, 1.165) is 25.8 Å². The van der Waals surface area contributed by atoms with E-state index in [0.29, 0.717) is 30.0 Å². The van der Waals surface area contributed by atoms with Gasteiger partial charge < -0.3 is 20.9 Å². The van der Waals surface area contributed by atoms with Crippen LogP contribution < -0.4 is 11.1 Å². The summed E-state index contributed by atoms with van der Waals surface area (Å²) in [6.07, 6.45) is 2.98. The number of nitrogen functional groups attached to an aromatic ring is 1. The van der Waals surface area contributed by atoms with Crippen LogP contribution in [-0.4, -0.2) is 35.3 Å². The fourth-order valence-electron chi connectivity index (χ4n) is 1.99. The molecular formula is C13H24N4O2. The van der Waals surface area contributed by atoms with Crippen LogP contribution in [0.15, 0.2) is 6.07 Å². The number of nitrogens with two attached hydrogens (primary N) is 1. The van der Waals surface area contributed by atoms with Crippen LogP contribution in [0.5, 0.6) is 0 Å². The van der Waals surface area contributed by atoms with Gasteiger partial charge in [-0.2, -0.15) is 0 Å². The highest BCUT2D eigenvalue weighted by Gasteiger charge is 2.08. The highest BCUT2D eigenvalue weighted by Crippen LogP contribution is 2.14. The van der Waals surface area contributed by atoms with Crippen LogP contribution in [0.2, 0.25) is 0 Å². The molecule has 1 rings (SSSR count). The summed E-state index contributed by atoms with van der Waals surface area (Å²) in [5, 5.41) is 12.3. The maximum Gasteiger partial charge on any atom is 0.158 e. The van der Waals surface area contributed by atoms with Crippen LogP contribution >= 0.6 is 0 Å². The predicted octanol–water partition coefficient (Wildman–Crippen LogP) is 1.42. The molecule has 1 heterocycles. The van der Waals surface area contributed by atoms with E-state index >= 15 is 0 Å². The Morgan fingerprint density at radius 3 is 2.84 bits per heavy atom. The van der Waals surface area contributed by atoms with E-state index in [4.69, 9.17) is 15.6 Å². The van der Waals surface area contributed by atoms with Crippen molar-refractivity contribution in [2.24, 2.45) is 5.92 Å². The molecule has 6 nitrogen and oxygen atoms in total. The number of nitrogens with one attached hydrogen (secondary N) is 1. The first-order valence-corrected chi connectivity index (χ1v) is 6.66. The normalized spacial score (nSPS) is 12.4. The van der Waals surface area contributed by atoms with Gasteiger partial charge in [-0.1, -0.05) is 13.3 Å². The third-order valence-electron chi connectivity index (χ3n) is 2.87. The van der Waals surface area contributed by atoms with Gasteiger partial charge in [-0.3, -0.25) is 0 Å². The summed E-state index contributed by atoms with van der Waals surface area (Å²) < 4.78 is 5.00. The first-order valence-electron chi connectivity index (χ1n) is 6.66. The molecule has 0 aliphatic carbocycles. The molecule has 0 saturated heterocycles. The summed E-state index contributed by atoms with van der Waals surface area (Å²) >= 11 is 0. The molecule has 1 unspecified atom stereocenters. The minimum atomic E-state index is 0.215. The number of methoxy groups -OCH3 is 1. The lowest BCUT2D eigenvalue weighted by Gasteiger charge is -2.16. The van der Waals surface area contributed by atoms with Gasteiger partial charge in [0.25, 0.3) is 0 Å². The zero-order valence-electron chi connectivity index (χ0n) is 11.7. The minimum Gasteiger partial charge on any atom is -0.396 e. The molecule has 0 spiro atoms. The molecule has 0 fully saturated rings. The van der Waals surface area contributed by atoms with E-state index in [-0.39, 0.29) is 6.61 Å². The maximum absolute atomic E-state index is 9.03. The van der Waals surface area contributed by atoms with E-state index in [1.165, 1.54) is 0 Å². The third kappa shape index (κ3) is 5.85. The standard InChI is InChI=1S/C13H24N4O2/c1-3-4-10(5-6-18)8-15-12-7-11(14)16-13(17-12)9-19-2/h7,10,18H,3-6,8-9H2,1-2H3,(H3,14,15,16,17). The molecule has 19 heavy (non-hydrogen) atoms. The monoisotopic (exact) mass is 268 g/mol. The smallest absolute Gasteiger partial charge is 0.158 e. The van der Waals surface area contributed by atoms with Gasteiger partial charge in [0, 0.05) is 26.3 Å². The number of hydrogen-bond acceptors (Lipinski definition) is 6. The van der Waals surface area contributed by atoms with Crippen molar-refractivity contribution in [1.29, 1.82) is 0 Å². The van der Waals surface area contributed by atoms with Crippen molar-refractivity contribution in [2.75, 3.05) is 31.3 Å². The topological polar surface area (TPSA) is 93.3 Å². The second-order valence-electron chi connectivity index (χ2n) is 4.58. The number of aliphatic hydroxyl groups excluding tert-OH is 1. The number of rotatable bonds is 9. The maximum atomic E-state index is 9.03. The van der Waals surface area contributed by atoms with Gasteiger partial charge in [-0.15, -0.1) is 0 Å². The number of hydrogen-bond donors (Lipinski definition) is 3. The van der Waals surface area contributed by atoms with Gasteiger partial charge in [0.1, 0.15) is 18.2 Å². The molecule has 108 valence electrons. The molecule has 1 atom stereocenters. The average molecular weight is 268 g/mol. The predicted molar refractivity (Wildman–Crippen MR) is 75.7 cm³/mol. The Morgan fingerprint density at radius 2 is 2.21 bits per heavy atom. The van der Waals surface area contributed by atoms with E-state index in [2.05, 4.69) is 22.2 Å². The third-order valence-corrected chi connectivity index (χ3v) is 2.87. The summed E-state index contributed by atoms with van der Waals surface area (Å²) in [4.78, 5) is 8.41. The highest BCUT2D eigenvalue weighted by molar-refractivity contribution is 5.44. The van der Waals surface area contributed by atoms with Crippen molar-refractivity contribution >= 4 is 11.6 Å². The molecule has 0 aromatic carbocycles. The molecule has 0 saturated carbocycles. The molecule has 6 heteroatoms. The van der Waals surface area contributed by atoms with Crippen LogP contribution in [0.25, 0.3) is 0 Å². The van der Waals surface area contributed by atoms with Gasteiger partial charge >= 0.3 is 0 Å². The molecular weight excluding hydrogens is 244 g/mol. The van der Waals surface area contributed by atoms with Gasteiger partial charge in [0.05, 0.1) is 0 Å². The number of anilines is 2. The molecule has 0 aliphatic rings. The second-order valence-corrected chi connectivity index (χ2v) is 4.58. The first kappa shape index (κ1) is 15.7. The van der Waals surface area contributed by atoms with E-state index in [9.17, 15) is 0 Å². The SMILES string of the molecule is CCCC(CCO)CNc1cc(N)nc(COC)n1. The van der Waals surface area contributed by atoms with E-state index < -0.39 is 0 Å². The Hall–Kier alpha value is -1.40.